The van der Waals surface area contributed by atoms with Gasteiger partial charge in [0.25, 0.3) is 0 Å². The summed E-state index contributed by atoms with van der Waals surface area (Å²) >= 11 is 13.9. The van der Waals surface area contributed by atoms with Gasteiger partial charge in [-0.15, -0.1) is 11.3 Å². The molecule has 7 heteroatoms. The highest BCUT2D eigenvalue weighted by Gasteiger charge is 2.07. The van der Waals surface area contributed by atoms with Crippen molar-refractivity contribution in [3.8, 4) is 20.9 Å². The lowest BCUT2D eigenvalue weighted by Gasteiger charge is -2.01. The van der Waals surface area contributed by atoms with Gasteiger partial charge in [0.15, 0.2) is 0 Å². The van der Waals surface area contributed by atoms with Crippen molar-refractivity contribution in [3.05, 3.63) is 70.2 Å². The number of hydrogen-bond acceptors (Lipinski definition) is 5. The number of aliphatic imine (C=N–C) groups is 1. The second-order valence-corrected chi connectivity index (χ2v) is 7.93. The third kappa shape index (κ3) is 4.50. The van der Waals surface area contributed by atoms with Gasteiger partial charge in [0.05, 0.1) is 12.8 Å². The first-order chi connectivity index (χ1) is 13.2. The lowest BCUT2D eigenvalue weighted by Crippen LogP contribution is -2.30. The maximum absolute atomic E-state index is 6.12. The van der Waals surface area contributed by atoms with Crippen molar-refractivity contribution in [3.63, 3.8) is 0 Å². The lowest BCUT2D eigenvalue weighted by atomic mass is 10.1. The molecule has 1 aromatic heterocycles. The fourth-order valence-corrected chi connectivity index (χ4v) is 4.24. The first-order valence-electron chi connectivity index (χ1n) is 8.41. The van der Waals surface area contributed by atoms with E-state index in [9.17, 15) is 0 Å². The van der Waals surface area contributed by atoms with Crippen molar-refractivity contribution < 1.29 is 0 Å². The molecule has 0 aliphatic carbocycles. The van der Waals surface area contributed by atoms with Gasteiger partial charge in [0.1, 0.15) is 0 Å². The van der Waals surface area contributed by atoms with Crippen LogP contribution in [0.1, 0.15) is 5.56 Å². The van der Waals surface area contributed by atoms with Crippen LogP contribution in [-0.4, -0.2) is 25.3 Å². The van der Waals surface area contributed by atoms with E-state index in [0.29, 0.717) is 10.0 Å². The van der Waals surface area contributed by atoms with Gasteiger partial charge in [0.2, 0.25) is 5.96 Å². The zero-order chi connectivity index (χ0) is 18.6. The number of nitrogens with zero attached hydrogens (tertiary/aromatic N) is 2. The molecule has 2 heterocycles. The molecule has 4 rings (SSSR count). The largest absolute Gasteiger partial charge is 0.353 e. The second-order valence-electron chi connectivity index (χ2n) is 5.97. The van der Waals surface area contributed by atoms with E-state index in [-0.39, 0.29) is 0 Å². The summed E-state index contributed by atoms with van der Waals surface area (Å²) in [5, 5.41) is 8.59. The van der Waals surface area contributed by atoms with Crippen LogP contribution in [0, 0.1) is 0 Å². The molecule has 2 aromatic carbocycles. The van der Waals surface area contributed by atoms with Crippen LogP contribution in [0.15, 0.2) is 64.7 Å². The molecule has 0 spiro atoms. The molecular weight excluding hydrogens is 399 g/mol. The Balaban J connectivity index is 1.47. The van der Waals surface area contributed by atoms with Crippen LogP contribution < -0.4 is 10.7 Å². The Morgan fingerprint density at radius 1 is 0.963 bits per heavy atom. The van der Waals surface area contributed by atoms with Crippen LogP contribution >= 0.6 is 34.5 Å². The number of benzene rings is 2. The SMILES string of the molecule is Clc1cc(Cl)cc(-c2ccc(-c3ccc(/C=N/NC4=NCCN4)cc3)s2)c1. The minimum absolute atomic E-state index is 0.642. The summed E-state index contributed by atoms with van der Waals surface area (Å²) in [4.78, 5) is 6.54. The normalized spacial score (nSPS) is 13.6. The summed E-state index contributed by atoms with van der Waals surface area (Å²) in [6, 6.07) is 18.1. The molecule has 3 aromatic rings. The van der Waals surface area contributed by atoms with E-state index in [0.717, 1.165) is 40.6 Å². The van der Waals surface area contributed by atoms with Crippen molar-refractivity contribution in [1.29, 1.82) is 0 Å². The molecule has 2 N–H and O–H groups in total. The smallest absolute Gasteiger partial charge is 0.212 e. The van der Waals surface area contributed by atoms with Gasteiger partial charge in [-0.25, -0.2) is 10.4 Å². The topological polar surface area (TPSA) is 48.8 Å². The number of rotatable bonds is 4. The van der Waals surface area contributed by atoms with E-state index < -0.39 is 0 Å². The fraction of sp³-hybridized carbons (Fsp3) is 0.100. The van der Waals surface area contributed by atoms with E-state index >= 15 is 0 Å². The number of nitrogens with one attached hydrogen (secondary N) is 2. The van der Waals surface area contributed by atoms with Crippen molar-refractivity contribution in [2.75, 3.05) is 13.1 Å². The number of halogens is 2. The predicted molar refractivity (Wildman–Crippen MR) is 116 cm³/mol. The van der Waals surface area contributed by atoms with E-state index in [2.05, 4.69) is 45.1 Å². The van der Waals surface area contributed by atoms with Crippen molar-refractivity contribution in [2.45, 2.75) is 0 Å². The summed E-state index contributed by atoms with van der Waals surface area (Å²) in [6.45, 7) is 1.65. The van der Waals surface area contributed by atoms with Crippen molar-refractivity contribution in [2.24, 2.45) is 10.1 Å². The van der Waals surface area contributed by atoms with Gasteiger partial charge in [-0.05, 0) is 47.0 Å². The lowest BCUT2D eigenvalue weighted by molar-refractivity contribution is 0.920. The first-order valence-corrected chi connectivity index (χ1v) is 9.99. The van der Waals surface area contributed by atoms with E-state index in [1.165, 1.54) is 4.88 Å². The van der Waals surface area contributed by atoms with Crippen LogP contribution in [0.2, 0.25) is 10.0 Å². The average molecular weight is 415 g/mol. The summed E-state index contributed by atoms with van der Waals surface area (Å²) in [5.74, 6) is 0.718. The predicted octanol–water partition coefficient (Wildman–Crippen LogP) is 5.27. The van der Waals surface area contributed by atoms with Crippen LogP contribution in [0.3, 0.4) is 0 Å². The Bertz CT molecular complexity index is 989. The minimum atomic E-state index is 0.642. The summed E-state index contributed by atoms with van der Waals surface area (Å²) in [6.07, 6.45) is 1.78. The molecule has 0 saturated heterocycles. The maximum Gasteiger partial charge on any atom is 0.212 e. The van der Waals surface area contributed by atoms with Gasteiger partial charge in [0, 0.05) is 26.3 Å². The average Bonchev–Trinajstić information content (AvgIpc) is 3.34. The molecule has 0 radical (unpaired) electrons. The zero-order valence-corrected chi connectivity index (χ0v) is 16.6. The van der Waals surface area contributed by atoms with Gasteiger partial charge < -0.3 is 5.32 Å². The summed E-state index contributed by atoms with van der Waals surface area (Å²) in [7, 11) is 0. The standard InChI is InChI=1S/C20H16Cl2N4S/c21-16-9-15(10-17(22)11-16)19-6-5-18(27-19)14-3-1-13(2-4-14)12-25-26-20-23-7-8-24-20/h1-6,9-12H,7-8H2,(H2,23,24,26)/b25-12+. The van der Waals surface area contributed by atoms with Gasteiger partial charge in [-0.3, -0.25) is 0 Å². The molecular formula is C20H16Cl2N4S. The molecule has 0 fully saturated rings. The molecule has 136 valence electrons. The molecule has 0 bridgehead atoms. The van der Waals surface area contributed by atoms with Crippen LogP contribution in [-0.2, 0) is 0 Å². The Morgan fingerprint density at radius 2 is 1.67 bits per heavy atom. The van der Waals surface area contributed by atoms with Crippen LogP contribution in [0.5, 0.6) is 0 Å². The van der Waals surface area contributed by atoms with E-state index in [1.807, 2.05) is 24.3 Å². The van der Waals surface area contributed by atoms with Gasteiger partial charge in [-0.1, -0.05) is 47.5 Å². The highest BCUT2D eigenvalue weighted by Crippen LogP contribution is 2.36. The third-order valence-corrected chi connectivity index (χ3v) is 5.63. The Morgan fingerprint density at radius 3 is 2.33 bits per heavy atom. The van der Waals surface area contributed by atoms with E-state index in [4.69, 9.17) is 23.2 Å². The van der Waals surface area contributed by atoms with Crippen LogP contribution in [0.25, 0.3) is 20.9 Å². The molecule has 0 unspecified atom stereocenters. The quantitative estimate of drug-likeness (QED) is 0.451. The molecule has 1 aliphatic heterocycles. The highest BCUT2D eigenvalue weighted by molar-refractivity contribution is 7.18. The Labute approximate surface area is 171 Å². The summed E-state index contributed by atoms with van der Waals surface area (Å²) < 4.78 is 0. The fourth-order valence-electron chi connectivity index (χ4n) is 2.72. The molecule has 0 amide bonds. The molecule has 0 saturated carbocycles. The van der Waals surface area contributed by atoms with E-state index in [1.54, 1.807) is 23.6 Å². The number of hydrazone groups is 1. The number of hydrogen-bond donors (Lipinski definition) is 2. The Hall–Kier alpha value is -2.34. The molecule has 27 heavy (non-hydrogen) atoms. The van der Waals surface area contributed by atoms with Gasteiger partial charge in [-0.2, -0.15) is 5.10 Å². The maximum atomic E-state index is 6.12. The van der Waals surface area contributed by atoms with Gasteiger partial charge >= 0.3 is 0 Å². The van der Waals surface area contributed by atoms with Crippen LogP contribution in [0.4, 0.5) is 0 Å². The molecule has 0 atom stereocenters. The zero-order valence-electron chi connectivity index (χ0n) is 14.2. The van der Waals surface area contributed by atoms with Crippen molar-refractivity contribution >= 4 is 46.7 Å². The van der Waals surface area contributed by atoms with Crippen molar-refractivity contribution in [1.82, 2.24) is 10.7 Å². The minimum Gasteiger partial charge on any atom is -0.353 e. The number of guanidine groups is 1. The Kier molecular flexibility index (Phi) is 5.43. The first kappa shape index (κ1) is 18.0. The summed E-state index contributed by atoms with van der Waals surface area (Å²) in [5.41, 5.74) is 6.10. The molecule has 1 aliphatic rings. The second kappa shape index (κ2) is 8.13. The molecule has 4 nitrogen and oxygen atoms in total. The third-order valence-electron chi connectivity index (χ3n) is 4.01. The monoisotopic (exact) mass is 414 g/mol. The highest BCUT2D eigenvalue weighted by atomic mass is 35.5. The number of thiophene rings is 1.